The lowest BCUT2D eigenvalue weighted by Gasteiger charge is -2.32. The molecule has 1 aliphatic rings. The number of carboxylic acid groups (broad SMARTS) is 1. The van der Waals surface area contributed by atoms with E-state index in [9.17, 15) is 9.59 Å². The number of nitrogens with two attached hydrogens (primary N) is 1. The Bertz CT molecular complexity index is 511. The van der Waals surface area contributed by atoms with Crippen LogP contribution in [0.4, 0.5) is 0 Å². The quantitative estimate of drug-likeness (QED) is 0.851. The molecule has 6 heteroatoms. The van der Waals surface area contributed by atoms with Crippen LogP contribution in [0.15, 0.2) is 18.3 Å². The predicted molar refractivity (Wildman–Crippen MR) is 77.6 cm³/mol. The summed E-state index contributed by atoms with van der Waals surface area (Å²) in [6.07, 6.45) is 4.25. The van der Waals surface area contributed by atoms with Crippen molar-refractivity contribution in [3.05, 3.63) is 29.6 Å². The molecule has 0 bridgehead atoms. The number of carboxylic acids is 1. The van der Waals surface area contributed by atoms with Crippen molar-refractivity contribution in [3.63, 3.8) is 0 Å². The molecule has 0 aromatic carbocycles. The smallest absolute Gasteiger partial charge is 0.303 e. The summed E-state index contributed by atoms with van der Waals surface area (Å²) in [7, 11) is 0. The van der Waals surface area contributed by atoms with Crippen LogP contribution in [0.25, 0.3) is 0 Å². The SMILES string of the molecule is NCc1cc(C(=O)N2CCC(CCC(=O)O)CC2)ccn1. The zero-order valence-corrected chi connectivity index (χ0v) is 12.0. The third-order valence-corrected chi connectivity index (χ3v) is 3.94. The Hall–Kier alpha value is -1.95. The summed E-state index contributed by atoms with van der Waals surface area (Å²) in [6, 6.07) is 3.44. The zero-order valence-electron chi connectivity index (χ0n) is 12.0. The summed E-state index contributed by atoms with van der Waals surface area (Å²) in [5.41, 5.74) is 6.86. The van der Waals surface area contributed by atoms with Crippen LogP contribution < -0.4 is 5.73 Å². The molecule has 1 aromatic heterocycles. The first kappa shape index (κ1) is 15.4. The number of piperidine rings is 1. The Balaban J connectivity index is 1.89. The second-order valence-electron chi connectivity index (χ2n) is 5.41. The van der Waals surface area contributed by atoms with Gasteiger partial charge in [-0.3, -0.25) is 14.6 Å². The Kier molecular flexibility index (Phi) is 5.27. The van der Waals surface area contributed by atoms with Gasteiger partial charge < -0.3 is 15.7 Å². The molecule has 0 atom stereocenters. The molecular formula is C15H21N3O3. The van der Waals surface area contributed by atoms with Crippen molar-refractivity contribution in [2.45, 2.75) is 32.2 Å². The zero-order chi connectivity index (χ0) is 15.2. The van der Waals surface area contributed by atoms with Gasteiger partial charge in [0.15, 0.2) is 0 Å². The molecule has 2 rings (SSSR count). The standard InChI is InChI=1S/C15H21N3O3/c16-10-13-9-12(3-6-17-13)15(21)18-7-4-11(5-8-18)1-2-14(19)20/h3,6,9,11H,1-2,4-5,7-8,10,16H2,(H,19,20). The Morgan fingerprint density at radius 1 is 1.38 bits per heavy atom. The lowest BCUT2D eigenvalue weighted by molar-refractivity contribution is -0.137. The normalized spacial score (nSPS) is 16.0. The van der Waals surface area contributed by atoms with Gasteiger partial charge in [-0.2, -0.15) is 0 Å². The Morgan fingerprint density at radius 2 is 2.10 bits per heavy atom. The second kappa shape index (κ2) is 7.17. The van der Waals surface area contributed by atoms with Crippen molar-refractivity contribution in [1.29, 1.82) is 0 Å². The number of nitrogens with zero attached hydrogens (tertiary/aromatic N) is 2. The topological polar surface area (TPSA) is 96.5 Å². The molecule has 3 N–H and O–H groups in total. The summed E-state index contributed by atoms with van der Waals surface area (Å²) in [5, 5.41) is 8.70. The van der Waals surface area contributed by atoms with E-state index in [0.29, 0.717) is 43.2 Å². The van der Waals surface area contributed by atoms with Gasteiger partial charge >= 0.3 is 5.97 Å². The van der Waals surface area contributed by atoms with E-state index in [4.69, 9.17) is 10.8 Å². The monoisotopic (exact) mass is 291 g/mol. The first-order chi connectivity index (χ1) is 10.1. The molecule has 1 saturated heterocycles. The van der Waals surface area contributed by atoms with Crippen LogP contribution in [0.5, 0.6) is 0 Å². The highest BCUT2D eigenvalue weighted by molar-refractivity contribution is 5.94. The third kappa shape index (κ3) is 4.26. The Morgan fingerprint density at radius 3 is 2.71 bits per heavy atom. The highest BCUT2D eigenvalue weighted by Gasteiger charge is 2.24. The summed E-state index contributed by atoms with van der Waals surface area (Å²) in [4.78, 5) is 28.9. The van der Waals surface area contributed by atoms with E-state index in [2.05, 4.69) is 4.98 Å². The maximum atomic E-state index is 12.4. The van der Waals surface area contributed by atoms with Crippen LogP contribution in [-0.2, 0) is 11.3 Å². The van der Waals surface area contributed by atoms with Gasteiger partial charge in [-0.25, -0.2) is 0 Å². The molecule has 0 saturated carbocycles. The number of rotatable bonds is 5. The summed E-state index contributed by atoms with van der Waals surface area (Å²) in [6.45, 7) is 1.69. The molecule has 21 heavy (non-hydrogen) atoms. The number of likely N-dealkylation sites (tertiary alicyclic amines) is 1. The van der Waals surface area contributed by atoms with Gasteiger partial charge in [-0.05, 0) is 37.3 Å². The lowest BCUT2D eigenvalue weighted by atomic mass is 9.92. The van der Waals surface area contributed by atoms with Crippen molar-refractivity contribution in [1.82, 2.24) is 9.88 Å². The summed E-state index contributed by atoms with van der Waals surface area (Å²) in [5.74, 6) is -0.342. The molecule has 1 amide bonds. The third-order valence-electron chi connectivity index (χ3n) is 3.94. The van der Waals surface area contributed by atoms with Crippen LogP contribution in [-0.4, -0.2) is 40.0 Å². The Labute approximate surface area is 124 Å². The second-order valence-corrected chi connectivity index (χ2v) is 5.41. The minimum Gasteiger partial charge on any atom is -0.481 e. The highest BCUT2D eigenvalue weighted by atomic mass is 16.4. The molecule has 114 valence electrons. The number of aliphatic carboxylic acids is 1. The van der Waals surface area contributed by atoms with Gasteiger partial charge in [0, 0.05) is 37.8 Å². The molecular weight excluding hydrogens is 270 g/mol. The predicted octanol–water partition coefficient (Wildman–Crippen LogP) is 1.26. The average Bonchev–Trinajstić information content (AvgIpc) is 2.52. The lowest BCUT2D eigenvalue weighted by Crippen LogP contribution is -2.38. The summed E-state index contributed by atoms with van der Waals surface area (Å²) < 4.78 is 0. The van der Waals surface area contributed by atoms with Gasteiger partial charge in [-0.15, -0.1) is 0 Å². The van der Waals surface area contributed by atoms with Crippen molar-refractivity contribution in [2.75, 3.05) is 13.1 Å². The fourth-order valence-corrected chi connectivity index (χ4v) is 2.66. The van der Waals surface area contributed by atoms with Crippen LogP contribution in [0.3, 0.4) is 0 Å². The molecule has 2 heterocycles. The molecule has 0 spiro atoms. The minimum atomic E-state index is -0.750. The van der Waals surface area contributed by atoms with E-state index < -0.39 is 5.97 Å². The largest absolute Gasteiger partial charge is 0.481 e. The first-order valence-corrected chi connectivity index (χ1v) is 7.26. The van der Waals surface area contributed by atoms with Crippen LogP contribution in [0.2, 0.25) is 0 Å². The molecule has 1 aliphatic heterocycles. The highest BCUT2D eigenvalue weighted by Crippen LogP contribution is 2.23. The van der Waals surface area contributed by atoms with E-state index >= 15 is 0 Å². The van der Waals surface area contributed by atoms with Crippen LogP contribution >= 0.6 is 0 Å². The number of hydrogen-bond donors (Lipinski definition) is 2. The van der Waals surface area contributed by atoms with Gasteiger partial charge in [0.25, 0.3) is 5.91 Å². The molecule has 0 radical (unpaired) electrons. The fraction of sp³-hybridized carbons (Fsp3) is 0.533. The van der Waals surface area contributed by atoms with E-state index in [1.165, 1.54) is 0 Å². The maximum absolute atomic E-state index is 12.4. The van der Waals surface area contributed by atoms with Crippen molar-refractivity contribution < 1.29 is 14.7 Å². The van der Waals surface area contributed by atoms with Gasteiger partial charge in [-0.1, -0.05) is 0 Å². The molecule has 0 aliphatic carbocycles. The minimum absolute atomic E-state index is 0.00350. The van der Waals surface area contributed by atoms with Gasteiger partial charge in [0.1, 0.15) is 0 Å². The van der Waals surface area contributed by atoms with E-state index in [0.717, 1.165) is 12.8 Å². The van der Waals surface area contributed by atoms with Crippen molar-refractivity contribution in [2.24, 2.45) is 11.7 Å². The average molecular weight is 291 g/mol. The molecule has 1 aromatic rings. The summed E-state index contributed by atoms with van der Waals surface area (Å²) >= 11 is 0. The van der Waals surface area contributed by atoms with Crippen molar-refractivity contribution in [3.8, 4) is 0 Å². The maximum Gasteiger partial charge on any atom is 0.303 e. The number of carbonyl (C=O) groups excluding carboxylic acids is 1. The number of carbonyl (C=O) groups is 2. The number of pyridine rings is 1. The number of amides is 1. The van der Waals surface area contributed by atoms with Gasteiger partial charge in [0.05, 0.1) is 5.69 Å². The molecule has 6 nitrogen and oxygen atoms in total. The van der Waals surface area contributed by atoms with E-state index in [1.54, 1.807) is 18.3 Å². The number of hydrogen-bond acceptors (Lipinski definition) is 4. The van der Waals surface area contributed by atoms with E-state index in [1.807, 2.05) is 4.90 Å². The van der Waals surface area contributed by atoms with Crippen molar-refractivity contribution >= 4 is 11.9 Å². The van der Waals surface area contributed by atoms with Crippen LogP contribution in [0, 0.1) is 5.92 Å². The number of aromatic nitrogens is 1. The molecule has 1 fully saturated rings. The van der Waals surface area contributed by atoms with E-state index in [-0.39, 0.29) is 12.3 Å². The van der Waals surface area contributed by atoms with Gasteiger partial charge in [0.2, 0.25) is 0 Å². The molecule has 0 unspecified atom stereocenters. The first-order valence-electron chi connectivity index (χ1n) is 7.26. The van der Waals surface area contributed by atoms with Crippen LogP contribution in [0.1, 0.15) is 41.7 Å². The fourth-order valence-electron chi connectivity index (χ4n) is 2.66.